The quantitative estimate of drug-likeness (QED) is 0.342. The van der Waals surface area contributed by atoms with E-state index in [1.807, 2.05) is 13.8 Å². The van der Waals surface area contributed by atoms with Crippen molar-refractivity contribution in [3.63, 3.8) is 0 Å². The lowest BCUT2D eigenvalue weighted by Crippen LogP contribution is -2.17. The predicted octanol–water partition coefficient (Wildman–Crippen LogP) is 5.55. The Labute approximate surface area is 121 Å². The first-order chi connectivity index (χ1) is 8.99. The summed E-state index contributed by atoms with van der Waals surface area (Å²) in [5, 5.41) is 0. The predicted molar refractivity (Wildman–Crippen MR) is 83.4 cm³/mol. The van der Waals surface area contributed by atoms with Crippen molar-refractivity contribution < 1.29 is 9.47 Å². The highest BCUT2D eigenvalue weighted by atomic mass is 16.7. The summed E-state index contributed by atoms with van der Waals surface area (Å²) in [6.45, 7) is 12.5. The van der Waals surface area contributed by atoms with Crippen molar-refractivity contribution in [2.24, 2.45) is 5.41 Å². The Hall–Kier alpha value is -0.0800. The van der Waals surface area contributed by atoms with Crippen LogP contribution in [0.5, 0.6) is 0 Å². The van der Waals surface area contributed by atoms with Crippen LogP contribution in [0, 0.1) is 5.41 Å². The summed E-state index contributed by atoms with van der Waals surface area (Å²) in [5.74, 6) is 0. The molecule has 2 nitrogen and oxygen atoms in total. The molecular formula is C17H36O2. The van der Waals surface area contributed by atoms with E-state index in [0.29, 0.717) is 5.41 Å². The zero-order chi connectivity index (χ0) is 14.6. The lowest BCUT2D eigenvalue weighted by molar-refractivity contribution is -0.140. The van der Waals surface area contributed by atoms with Crippen LogP contribution in [0.1, 0.15) is 86.0 Å². The van der Waals surface area contributed by atoms with E-state index in [-0.39, 0.29) is 6.29 Å². The second-order valence-corrected chi connectivity index (χ2v) is 6.56. The SMILES string of the molecule is CCOC(CCCCCCCCC(C)(C)C)OCC. The third-order valence-corrected chi connectivity index (χ3v) is 3.32. The van der Waals surface area contributed by atoms with E-state index in [9.17, 15) is 0 Å². The normalized spacial score (nSPS) is 12.3. The average Bonchev–Trinajstić information content (AvgIpc) is 2.31. The first-order valence-corrected chi connectivity index (χ1v) is 8.22. The fourth-order valence-corrected chi connectivity index (χ4v) is 2.26. The summed E-state index contributed by atoms with van der Waals surface area (Å²) >= 11 is 0. The molecule has 0 aliphatic carbocycles. The average molecular weight is 272 g/mol. The van der Waals surface area contributed by atoms with Crippen molar-refractivity contribution in [2.45, 2.75) is 92.3 Å². The molecule has 0 fully saturated rings. The molecular weight excluding hydrogens is 236 g/mol. The van der Waals surface area contributed by atoms with Gasteiger partial charge in [0, 0.05) is 13.2 Å². The number of hydrogen-bond acceptors (Lipinski definition) is 2. The molecule has 116 valence electrons. The molecule has 0 N–H and O–H groups in total. The number of hydrogen-bond donors (Lipinski definition) is 0. The molecule has 0 atom stereocenters. The van der Waals surface area contributed by atoms with Crippen LogP contribution in [0.25, 0.3) is 0 Å². The van der Waals surface area contributed by atoms with E-state index in [1.165, 1.54) is 44.9 Å². The summed E-state index contributed by atoms with van der Waals surface area (Å²) < 4.78 is 11.1. The molecule has 19 heavy (non-hydrogen) atoms. The molecule has 0 radical (unpaired) electrons. The Balaban J connectivity index is 3.34. The molecule has 0 aliphatic heterocycles. The highest BCUT2D eigenvalue weighted by Gasteiger charge is 2.09. The van der Waals surface area contributed by atoms with Gasteiger partial charge in [-0.15, -0.1) is 0 Å². The second-order valence-electron chi connectivity index (χ2n) is 6.56. The molecule has 0 aromatic carbocycles. The van der Waals surface area contributed by atoms with Crippen LogP contribution in [0.2, 0.25) is 0 Å². The fraction of sp³-hybridized carbons (Fsp3) is 1.00. The minimum atomic E-state index is 0.0240. The molecule has 0 unspecified atom stereocenters. The van der Waals surface area contributed by atoms with E-state index in [0.717, 1.165) is 19.6 Å². The van der Waals surface area contributed by atoms with E-state index in [4.69, 9.17) is 9.47 Å². The molecule has 0 spiro atoms. The van der Waals surface area contributed by atoms with Crippen LogP contribution in [0.15, 0.2) is 0 Å². The molecule has 0 aromatic rings. The van der Waals surface area contributed by atoms with Gasteiger partial charge in [0.1, 0.15) is 0 Å². The van der Waals surface area contributed by atoms with Gasteiger partial charge in [-0.05, 0) is 38.5 Å². The molecule has 0 aliphatic rings. The smallest absolute Gasteiger partial charge is 0.157 e. The zero-order valence-corrected chi connectivity index (χ0v) is 14.0. The van der Waals surface area contributed by atoms with Crippen LogP contribution in [-0.2, 0) is 9.47 Å². The first-order valence-electron chi connectivity index (χ1n) is 8.22. The van der Waals surface area contributed by atoms with Crippen LogP contribution >= 0.6 is 0 Å². The Bertz CT molecular complexity index is 178. The lowest BCUT2D eigenvalue weighted by atomic mass is 9.89. The minimum Gasteiger partial charge on any atom is -0.353 e. The van der Waals surface area contributed by atoms with Gasteiger partial charge in [-0.1, -0.05) is 52.9 Å². The Morgan fingerprint density at radius 2 is 1.21 bits per heavy atom. The van der Waals surface area contributed by atoms with E-state index in [1.54, 1.807) is 0 Å². The molecule has 2 heteroatoms. The van der Waals surface area contributed by atoms with Gasteiger partial charge in [0.15, 0.2) is 6.29 Å². The zero-order valence-electron chi connectivity index (χ0n) is 14.0. The Morgan fingerprint density at radius 3 is 1.68 bits per heavy atom. The molecule has 0 aromatic heterocycles. The van der Waals surface area contributed by atoms with E-state index >= 15 is 0 Å². The van der Waals surface area contributed by atoms with Crippen LogP contribution in [0.4, 0.5) is 0 Å². The number of unbranched alkanes of at least 4 members (excludes halogenated alkanes) is 5. The van der Waals surface area contributed by atoms with Crippen molar-refractivity contribution in [1.82, 2.24) is 0 Å². The molecule has 0 saturated heterocycles. The maximum Gasteiger partial charge on any atom is 0.157 e. The summed E-state index contributed by atoms with van der Waals surface area (Å²) in [6.07, 6.45) is 10.5. The van der Waals surface area contributed by atoms with Gasteiger partial charge in [0.2, 0.25) is 0 Å². The monoisotopic (exact) mass is 272 g/mol. The van der Waals surface area contributed by atoms with E-state index in [2.05, 4.69) is 20.8 Å². The maximum absolute atomic E-state index is 5.54. The van der Waals surface area contributed by atoms with Gasteiger partial charge < -0.3 is 9.47 Å². The lowest BCUT2D eigenvalue weighted by Gasteiger charge is -2.17. The van der Waals surface area contributed by atoms with Gasteiger partial charge in [-0.25, -0.2) is 0 Å². The fourth-order valence-electron chi connectivity index (χ4n) is 2.26. The summed E-state index contributed by atoms with van der Waals surface area (Å²) in [4.78, 5) is 0. The summed E-state index contributed by atoms with van der Waals surface area (Å²) in [5.41, 5.74) is 0.502. The molecule has 0 amide bonds. The summed E-state index contributed by atoms with van der Waals surface area (Å²) in [6, 6.07) is 0. The molecule has 0 heterocycles. The van der Waals surface area contributed by atoms with Gasteiger partial charge in [-0.2, -0.15) is 0 Å². The maximum atomic E-state index is 5.54. The number of ether oxygens (including phenoxy) is 2. The Kier molecular flexibility index (Phi) is 11.7. The standard InChI is InChI=1S/C17H36O2/c1-6-18-16(19-7-2)14-12-10-8-9-11-13-15-17(3,4)5/h16H,6-15H2,1-5H3. The minimum absolute atomic E-state index is 0.0240. The topological polar surface area (TPSA) is 18.5 Å². The van der Waals surface area contributed by atoms with Gasteiger partial charge >= 0.3 is 0 Å². The van der Waals surface area contributed by atoms with Gasteiger partial charge in [0.25, 0.3) is 0 Å². The van der Waals surface area contributed by atoms with Crippen LogP contribution in [0.3, 0.4) is 0 Å². The molecule has 0 bridgehead atoms. The third-order valence-electron chi connectivity index (χ3n) is 3.32. The summed E-state index contributed by atoms with van der Waals surface area (Å²) in [7, 11) is 0. The van der Waals surface area contributed by atoms with Crippen molar-refractivity contribution in [2.75, 3.05) is 13.2 Å². The Morgan fingerprint density at radius 1 is 0.737 bits per heavy atom. The first kappa shape index (κ1) is 18.9. The molecule has 0 saturated carbocycles. The highest BCUT2D eigenvalue weighted by molar-refractivity contribution is 4.61. The van der Waals surface area contributed by atoms with Crippen molar-refractivity contribution in [3.8, 4) is 0 Å². The van der Waals surface area contributed by atoms with Gasteiger partial charge in [-0.3, -0.25) is 0 Å². The number of rotatable bonds is 12. The van der Waals surface area contributed by atoms with Gasteiger partial charge in [0.05, 0.1) is 0 Å². The largest absolute Gasteiger partial charge is 0.353 e. The van der Waals surface area contributed by atoms with Crippen molar-refractivity contribution >= 4 is 0 Å². The third kappa shape index (κ3) is 14.1. The van der Waals surface area contributed by atoms with Crippen LogP contribution in [-0.4, -0.2) is 19.5 Å². The highest BCUT2D eigenvalue weighted by Crippen LogP contribution is 2.22. The van der Waals surface area contributed by atoms with E-state index < -0.39 is 0 Å². The van der Waals surface area contributed by atoms with Crippen LogP contribution < -0.4 is 0 Å². The van der Waals surface area contributed by atoms with Crippen molar-refractivity contribution in [3.05, 3.63) is 0 Å². The molecule has 0 rings (SSSR count). The van der Waals surface area contributed by atoms with Crippen molar-refractivity contribution in [1.29, 1.82) is 0 Å². The second kappa shape index (κ2) is 11.7.